The second-order valence-corrected chi connectivity index (χ2v) is 4.45. The van der Waals surface area contributed by atoms with Crippen LogP contribution in [0.5, 0.6) is 0 Å². The zero-order valence-corrected chi connectivity index (χ0v) is 12.8. The first-order chi connectivity index (χ1) is 7.79. The molecule has 1 aromatic rings. The highest BCUT2D eigenvalue weighted by atomic mass is 35.5. The van der Waals surface area contributed by atoms with Gasteiger partial charge < -0.3 is 15.9 Å². The van der Waals surface area contributed by atoms with Crippen LogP contribution in [0.4, 0.5) is 0 Å². The van der Waals surface area contributed by atoms with Crippen LogP contribution in [0.3, 0.4) is 0 Å². The van der Waals surface area contributed by atoms with E-state index in [0.717, 1.165) is 26.1 Å². The molecule has 0 amide bonds. The van der Waals surface area contributed by atoms with E-state index < -0.39 is 0 Å². The van der Waals surface area contributed by atoms with Crippen molar-refractivity contribution in [3.63, 3.8) is 0 Å². The van der Waals surface area contributed by atoms with E-state index in [4.69, 9.17) is 10.5 Å². The highest BCUT2D eigenvalue weighted by Crippen LogP contribution is 2.14. The molecule has 19 heavy (non-hydrogen) atoms. The van der Waals surface area contributed by atoms with Gasteiger partial charge in [-0.25, -0.2) is 0 Å². The van der Waals surface area contributed by atoms with Gasteiger partial charge in [-0.15, -0.1) is 24.8 Å². The van der Waals surface area contributed by atoms with E-state index >= 15 is 0 Å². The summed E-state index contributed by atoms with van der Waals surface area (Å²) in [7, 11) is 1.75. The highest BCUT2D eigenvalue weighted by Gasteiger charge is 2.26. The Labute approximate surface area is 127 Å². The minimum atomic E-state index is 0. The number of likely N-dealkylation sites (tertiary alicyclic amines) is 1. The maximum atomic E-state index is 5.99. The van der Waals surface area contributed by atoms with Crippen LogP contribution in [0, 0.1) is 0 Å². The number of halogens is 2. The molecule has 4 nitrogen and oxygen atoms in total. The van der Waals surface area contributed by atoms with Crippen LogP contribution in [0.1, 0.15) is 12.0 Å². The molecular formula is C13H24Cl2N2O2. The second-order valence-electron chi connectivity index (χ2n) is 4.45. The van der Waals surface area contributed by atoms with Crippen LogP contribution in [-0.4, -0.2) is 42.7 Å². The number of nitrogens with two attached hydrogens (primary N) is 1. The number of nitrogens with zero attached hydrogens (tertiary/aromatic N) is 1. The van der Waals surface area contributed by atoms with E-state index in [0.29, 0.717) is 0 Å². The largest absolute Gasteiger partial charge is 0.412 e. The van der Waals surface area contributed by atoms with E-state index in [2.05, 4.69) is 29.2 Å². The molecule has 0 bridgehead atoms. The van der Waals surface area contributed by atoms with E-state index in [1.165, 1.54) is 5.56 Å². The summed E-state index contributed by atoms with van der Waals surface area (Å²) in [6.07, 6.45) is 1.20. The van der Waals surface area contributed by atoms with Crippen molar-refractivity contribution in [1.29, 1.82) is 0 Å². The number of piperidine rings is 1. The normalized spacial score (nSPS) is 22.6. The predicted molar refractivity (Wildman–Crippen MR) is 83.2 cm³/mol. The smallest absolute Gasteiger partial charge is 0.0849 e. The van der Waals surface area contributed by atoms with Crippen LogP contribution in [0.2, 0.25) is 0 Å². The molecule has 2 unspecified atom stereocenters. The van der Waals surface area contributed by atoms with Gasteiger partial charge in [0.25, 0.3) is 0 Å². The summed E-state index contributed by atoms with van der Waals surface area (Å²) >= 11 is 0. The lowest BCUT2D eigenvalue weighted by atomic mass is 10.0. The van der Waals surface area contributed by atoms with E-state index in [-0.39, 0.29) is 42.4 Å². The summed E-state index contributed by atoms with van der Waals surface area (Å²) in [4.78, 5) is 2.41. The van der Waals surface area contributed by atoms with Crippen molar-refractivity contribution in [2.24, 2.45) is 5.73 Å². The van der Waals surface area contributed by atoms with Gasteiger partial charge in [-0.3, -0.25) is 4.90 Å². The average Bonchev–Trinajstić information content (AvgIpc) is 2.33. The van der Waals surface area contributed by atoms with Gasteiger partial charge in [0.2, 0.25) is 0 Å². The van der Waals surface area contributed by atoms with Crippen molar-refractivity contribution in [3.05, 3.63) is 35.9 Å². The van der Waals surface area contributed by atoms with Crippen molar-refractivity contribution in [3.8, 4) is 0 Å². The van der Waals surface area contributed by atoms with Crippen molar-refractivity contribution in [2.45, 2.75) is 25.1 Å². The van der Waals surface area contributed by atoms with Crippen molar-refractivity contribution in [2.75, 3.05) is 20.2 Å². The summed E-state index contributed by atoms with van der Waals surface area (Å²) in [6.45, 7) is 3.00. The number of rotatable bonds is 3. The SMILES string of the molecule is COC1CN(Cc2ccccc2)CCC1N.Cl.Cl.O. The van der Waals surface area contributed by atoms with Gasteiger partial charge in [-0.1, -0.05) is 30.3 Å². The van der Waals surface area contributed by atoms with Crippen molar-refractivity contribution >= 4 is 24.8 Å². The Hall–Kier alpha value is -0.360. The second kappa shape index (κ2) is 10.4. The molecule has 1 saturated heterocycles. The zero-order valence-electron chi connectivity index (χ0n) is 11.1. The summed E-state index contributed by atoms with van der Waals surface area (Å²) < 4.78 is 5.40. The number of methoxy groups -OCH3 is 1. The Morgan fingerprint density at radius 1 is 1.26 bits per heavy atom. The highest BCUT2D eigenvalue weighted by molar-refractivity contribution is 5.85. The maximum absolute atomic E-state index is 5.99. The molecule has 0 saturated carbocycles. The third-order valence-electron chi connectivity index (χ3n) is 3.25. The van der Waals surface area contributed by atoms with Gasteiger partial charge in [-0.05, 0) is 12.0 Å². The Morgan fingerprint density at radius 2 is 1.89 bits per heavy atom. The molecule has 2 atom stereocenters. The lowest BCUT2D eigenvalue weighted by molar-refractivity contribution is 0.0140. The minimum absolute atomic E-state index is 0. The van der Waals surface area contributed by atoms with Crippen LogP contribution in [0.25, 0.3) is 0 Å². The Kier molecular flexibility index (Phi) is 11.5. The Morgan fingerprint density at radius 3 is 2.47 bits per heavy atom. The standard InChI is InChI=1S/C13H20N2O.2ClH.H2O/c1-16-13-10-15(8-7-12(13)14)9-11-5-3-2-4-6-11;;;/h2-6,12-13H,7-10,14H2,1H3;2*1H;1H2. The molecule has 6 heteroatoms. The quantitative estimate of drug-likeness (QED) is 0.913. The van der Waals surface area contributed by atoms with Crippen molar-refractivity contribution < 1.29 is 10.2 Å². The van der Waals surface area contributed by atoms with Gasteiger partial charge in [0.1, 0.15) is 0 Å². The first-order valence-electron chi connectivity index (χ1n) is 5.84. The fourth-order valence-corrected chi connectivity index (χ4v) is 2.23. The minimum Gasteiger partial charge on any atom is -0.412 e. The van der Waals surface area contributed by atoms with E-state index in [1.54, 1.807) is 7.11 Å². The number of ether oxygens (including phenoxy) is 1. The molecule has 1 heterocycles. The van der Waals surface area contributed by atoms with Crippen LogP contribution in [-0.2, 0) is 11.3 Å². The predicted octanol–water partition coefficient (Wildman–Crippen LogP) is 1.25. The van der Waals surface area contributed by atoms with Crippen molar-refractivity contribution in [1.82, 2.24) is 4.90 Å². The molecule has 1 fully saturated rings. The molecule has 4 N–H and O–H groups in total. The maximum Gasteiger partial charge on any atom is 0.0849 e. The van der Waals surface area contributed by atoms with Gasteiger partial charge in [-0.2, -0.15) is 0 Å². The van der Waals surface area contributed by atoms with Crippen LogP contribution in [0.15, 0.2) is 30.3 Å². The van der Waals surface area contributed by atoms with Gasteiger partial charge in [0.15, 0.2) is 0 Å². The first kappa shape index (κ1) is 20.9. The third kappa shape index (κ3) is 6.08. The molecule has 0 spiro atoms. The number of hydrogen-bond acceptors (Lipinski definition) is 3. The third-order valence-corrected chi connectivity index (χ3v) is 3.25. The summed E-state index contributed by atoms with van der Waals surface area (Å²) in [5.41, 5.74) is 7.35. The molecule has 1 aliphatic heterocycles. The van der Waals surface area contributed by atoms with Gasteiger partial charge >= 0.3 is 0 Å². The monoisotopic (exact) mass is 310 g/mol. The molecule has 0 aromatic heterocycles. The Bertz CT molecular complexity index is 328. The molecule has 1 aromatic carbocycles. The summed E-state index contributed by atoms with van der Waals surface area (Å²) in [6, 6.07) is 10.7. The lowest BCUT2D eigenvalue weighted by Crippen LogP contribution is -2.51. The molecule has 0 aliphatic carbocycles. The van der Waals surface area contributed by atoms with Crippen LogP contribution < -0.4 is 5.73 Å². The molecule has 1 aliphatic rings. The Balaban J connectivity index is 0. The summed E-state index contributed by atoms with van der Waals surface area (Å²) in [5.74, 6) is 0. The summed E-state index contributed by atoms with van der Waals surface area (Å²) in [5, 5.41) is 0. The molecule has 2 rings (SSSR count). The molecule has 112 valence electrons. The van der Waals surface area contributed by atoms with Gasteiger partial charge in [0, 0.05) is 32.8 Å². The first-order valence-corrected chi connectivity index (χ1v) is 5.84. The number of hydrogen-bond donors (Lipinski definition) is 1. The topological polar surface area (TPSA) is 70.0 Å². The van der Waals surface area contributed by atoms with Crippen LogP contribution >= 0.6 is 24.8 Å². The zero-order chi connectivity index (χ0) is 11.4. The lowest BCUT2D eigenvalue weighted by Gasteiger charge is -2.35. The number of benzene rings is 1. The average molecular weight is 311 g/mol. The van der Waals surface area contributed by atoms with E-state index in [1.807, 2.05) is 6.07 Å². The fourth-order valence-electron chi connectivity index (χ4n) is 2.23. The van der Waals surface area contributed by atoms with Gasteiger partial charge in [0.05, 0.1) is 6.10 Å². The van der Waals surface area contributed by atoms with E-state index in [9.17, 15) is 0 Å². The fraction of sp³-hybridized carbons (Fsp3) is 0.538. The molecule has 0 radical (unpaired) electrons. The molecular weight excluding hydrogens is 287 g/mol.